The first-order valence-corrected chi connectivity index (χ1v) is 10.9. The van der Waals surface area contributed by atoms with Gasteiger partial charge in [0.1, 0.15) is 5.75 Å². The minimum absolute atomic E-state index is 0.137. The Hall–Kier alpha value is -4.44. The van der Waals surface area contributed by atoms with Gasteiger partial charge in [-0.2, -0.15) is 5.10 Å². The van der Waals surface area contributed by atoms with Crippen LogP contribution in [0, 0.1) is 24.0 Å². The quantitative estimate of drug-likeness (QED) is 0.146. The zero-order chi connectivity index (χ0) is 26.2. The molecule has 0 aliphatic carbocycles. The van der Waals surface area contributed by atoms with Crippen LogP contribution >= 0.6 is 11.6 Å². The second kappa shape index (κ2) is 11.8. The van der Waals surface area contributed by atoms with Crippen molar-refractivity contribution in [3.05, 3.63) is 92.0 Å². The van der Waals surface area contributed by atoms with Crippen molar-refractivity contribution >= 4 is 35.4 Å². The molecule has 0 aliphatic rings. The standard InChI is InChI=1S/C25H22ClN3O7/c1-15-10-20(11-16(2)24(15)26)35-14-23(30)28-27-13-17-4-9-21(22(12-17)34-3)36-25(31)18-5-7-19(8-6-18)29(32)33/h4-13H,14H2,1-3H3,(H,28,30)/b27-13-. The van der Waals surface area contributed by atoms with Gasteiger partial charge in [0.15, 0.2) is 18.1 Å². The van der Waals surface area contributed by atoms with Crippen LogP contribution in [0.5, 0.6) is 17.2 Å². The molecule has 10 nitrogen and oxygen atoms in total. The van der Waals surface area contributed by atoms with Gasteiger partial charge in [-0.25, -0.2) is 10.2 Å². The maximum absolute atomic E-state index is 12.4. The van der Waals surface area contributed by atoms with Crippen molar-refractivity contribution in [3.8, 4) is 17.2 Å². The third kappa shape index (κ3) is 6.80. The average Bonchev–Trinajstić information content (AvgIpc) is 2.86. The largest absolute Gasteiger partial charge is 0.493 e. The molecule has 11 heteroatoms. The molecule has 0 saturated heterocycles. The number of ether oxygens (including phenoxy) is 3. The molecule has 3 aromatic carbocycles. The molecule has 0 unspecified atom stereocenters. The number of nitro groups is 1. The highest BCUT2D eigenvalue weighted by atomic mass is 35.5. The van der Waals surface area contributed by atoms with Crippen molar-refractivity contribution in [3.63, 3.8) is 0 Å². The highest BCUT2D eigenvalue weighted by molar-refractivity contribution is 6.32. The minimum Gasteiger partial charge on any atom is -0.493 e. The molecular formula is C25H22ClN3O7. The van der Waals surface area contributed by atoms with Crippen LogP contribution in [-0.2, 0) is 4.79 Å². The lowest BCUT2D eigenvalue weighted by atomic mass is 10.1. The molecule has 0 fully saturated rings. The summed E-state index contributed by atoms with van der Waals surface area (Å²) in [5.74, 6) is -0.251. The molecule has 0 radical (unpaired) electrons. The van der Waals surface area contributed by atoms with E-state index in [-0.39, 0.29) is 29.4 Å². The van der Waals surface area contributed by atoms with Gasteiger partial charge in [0, 0.05) is 17.2 Å². The van der Waals surface area contributed by atoms with Gasteiger partial charge >= 0.3 is 5.97 Å². The van der Waals surface area contributed by atoms with Crippen molar-refractivity contribution in [1.29, 1.82) is 0 Å². The average molecular weight is 512 g/mol. The summed E-state index contributed by atoms with van der Waals surface area (Å²) in [5.41, 5.74) is 4.63. The van der Waals surface area contributed by atoms with E-state index < -0.39 is 16.8 Å². The zero-order valence-corrected chi connectivity index (χ0v) is 20.4. The van der Waals surface area contributed by atoms with Crippen LogP contribution in [-0.4, -0.2) is 36.7 Å². The first-order chi connectivity index (χ1) is 17.2. The van der Waals surface area contributed by atoms with Crippen LogP contribution in [0.2, 0.25) is 5.02 Å². The molecular weight excluding hydrogens is 490 g/mol. The van der Waals surface area contributed by atoms with Crippen LogP contribution in [0.1, 0.15) is 27.0 Å². The fourth-order valence-corrected chi connectivity index (χ4v) is 3.19. The molecule has 0 spiro atoms. The molecule has 3 rings (SSSR count). The Kier molecular flexibility index (Phi) is 8.58. The van der Waals surface area contributed by atoms with Gasteiger partial charge in [0.05, 0.1) is 23.8 Å². The van der Waals surface area contributed by atoms with E-state index in [0.717, 1.165) is 11.1 Å². The number of nitrogens with zero attached hydrogens (tertiary/aromatic N) is 2. The number of hydrazone groups is 1. The second-order valence-electron chi connectivity index (χ2n) is 7.56. The number of nitrogens with one attached hydrogen (secondary N) is 1. The molecule has 0 bridgehead atoms. The highest BCUT2D eigenvalue weighted by Gasteiger charge is 2.14. The summed E-state index contributed by atoms with van der Waals surface area (Å²) in [6.45, 7) is 3.46. The second-order valence-corrected chi connectivity index (χ2v) is 7.93. The summed E-state index contributed by atoms with van der Waals surface area (Å²) in [5, 5.41) is 15.3. The Labute approximate surface area is 211 Å². The number of carbonyl (C=O) groups is 2. The predicted octanol–water partition coefficient (Wildman–Crippen LogP) is 4.62. The van der Waals surface area contributed by atoms with Crippen LogP contribution in [0.25, 0.3) is 0 Å². The van der Waals surface area contributed by atoms with Crippen molar-refractivity contribution < 1.29 is 28.7 Å². The Bertz CT molecular complexity index is 1300. The molecule has 186 valence electrons. The monoisotopic (exact) mass is 511 g/mol. The first-order valence-electron chi connectivity index (χ1n) is 10.5. The number of hydrogen-bond donors (Lipinski definition) is 1. The van der Waals surface area contributed by atoms with E-state index in [1.165, 1.54) is 43.7 Å². The smallest absolute Gasteiger partial charge is 0.343 e. The van der Waals surface area contributed by atoms with Crippen molar-refractivity contribution in [2.45, 2.75) is 13.8 Å². The third-order valence-electron chi connectivity index (χ3n) is 4.89. The molecule has 36 heavy (non-hydrogen) atoms. The Morgan fingerprint density at radius 2 is 1.72 bits per heavy atom. The van der Waals surface area contributed by atoms with Gasteiger partial charge in [0.25, 0.3) is 11.6 Å². The number of hydrogen-bond acceptors (Lipinski definition) is 8. The van der Waals surface area contributed by atoms with Gasteiger partial charge in [-0.3, -0.25) is 14.9 Å². The van der Waals surface area contributed by atoms with Gasteiger partial charge in [-0.15, -0.1) is 0 Å². The third-order valence-corrected chi connectivity index (χ3v) is 5.48. The van der Waals surface area contributed by atoms with Crippen molar-refractivity contribution in [1.82, 2.24) is 5.43 Å². The topological polar surface area (TPSA) is 129 Å². The van der Waals surface area contributed by atoms with Crippen molar-refractivity contribution in [2.75, 3.05) is 13.7 Å². The van der Waals surface area contributed by atoms with Gasteiger partial charge in [0.2, 0.25) is 0 Å². The van der Waals surface area contributed by atoms with E-state index in [4.69, 9.17) is 25.8 Å². The number of esters is 1. The number of amides is 1. The Morgan fingerprint density at radius 3 is 2.33 bits per heavy atom. The maximum Gasteiger partial charge on any atom is 0.343 e. The lowest BCUT2D eigenvalue weighted by Gasteiger charge is -2.10. The molecule has 1 amide bonds. The minimum atomic E-state index is -0.706. The van der Waals surface area contributed by atoms with E-state index >= 15 is 0 Å². The predicted molar refractivity (Wildman–Crippen MR) is 133 cm³/mol. The van der Waals surface area contributed by atoms with Crippen molar-refractivity contribution in [2.24, 2.45) is 5.10 Å². The summed E-state index contributed by atoms with van der Waals surface area (Å²) >= 11 is 6.13. The van der Waals surface area contributed by atoms with E-state index in [1.54, 1.807) is 24.3 Å². The number of nitro benzene ring substituents is 1. The zero-order valence-electron chi connectivity index (χ0n) is 19.6. The van der Waals surface area contributed by atoms with E-state index in [1.807, 2.05) is 13.8 Å². The normalized spacial score (nSPS) is 10.7. The molecule has 0 atom stereocenters. The number of methoxy groups -OCH3 is 1. The molecule has 0 saturated carbocycles. The molecule has 0 aliphatic heterocycles. The van der Waals surface area contributed by atoms with Crippen LogP contribution < -0.4 is 19.6 Å². The van der Waals surface area contributed by atoms with Gasteiger partial charge in [-0.1, -0.05) is 11.6 Å². The van der Waals surface area contributed by atoms with Crippen LogP contribution in [0.15, 0.2) is 59.7 Å². The molecule has 1 N–H and O–H groups in total. The summed E-state index contributed by atoms with van der Waals surface area (Å²) in [6, 6.07) is 13.2. The first kappa shape index (κ1) is 26.2. The highest BCUT2D eigenvalue weighted by Crippen LogP contribution is 2.29. The molecule has 0 heterocycles. The van der Waals surface area contributed by atoms with Gasteiger partial charge in [-0.05, 0) is 73.0 Å². The van der Waals surface area contributed by atoms with E-state index in [9.17, 15) is 19.7 Å². The number of carbonyl (C=O) groups excluding carboxylic acids is 2. The van der Waals surface area contributed by atoms with Crippen LogP contribution in [0.4, 0.5) is 5.69 Å². The lowest BCUT2D eigenvalue weighted by Crippen LogP contribution is -2.24. The number of aryl methyl sites for hydroxylation is 2. The van der Waals surface area contributed by atoms with E-state index in [0.29, 0.717) is 16.3 Å². The molecule has 0 aromatic heterocycles. The number of non-ortho nitro benzene ring substituents is 1. The Balaban J connectivity index is 1.57. The number of rotatable bonds is 9. The number of benzene rings is 3. The lowest BCUT2D eigenvalue weighted by molar-refractivity contribution is -0.384. The SMILES string of the molecule is COc1cc(/C=N\NC(=O)COc2cc(C)c(Cl)c(C)c2)ccc1OC(=O)c1ccc([N+](=O)[O-])cc1. The molecule has 3 aromatic rings. The summed E-state index contributed by atoms with van der Waals surface area (Å²) in [7, 11) is 1.40. The fourth-order valence-electron chi connectivity index (χ4n) is 3.08. The van der Waals surface area contributed by atoms with Gasteiger partial charge < -0.3 is 14.2 Å². The maximum atomic E-state index is 12.4. The summed E-state index contributed by atoms with van der Waals surface area (Å²) < 4.78 is 16.1. The van der Waals surface area contributed by atoms with E-state index in [2.05, 4.69) is 10.5 Å². The fraction of sp³-hybridized carbons (Fsp3) is 0.160. The summed E-state index contributed by atoms with van der Waals surface area (Å²) in [6.07, 6.45) is 1.39. The number of halogens is 1. The Morgan fingerprint density at radius 1 is 1.06 bits per heavy atom. The van der Waals surface area contributed by atoms with Crippen LogP contribution in [0.3, 0.4) is 0 Å². The summed E-state index contributed by atoms with van der Waals surface area (Å²) in [4.78, 5) is 34.6.